The summed E-state index contributed by atoms with van der Waals surface area (Å²) < 4.78 is 14.6. The molecule has 0 atom stereocenters. The largest absolute Gasteiger partial charge is 0.486 e. The number of thioether (sulfide) groups is 1. The number of thiazole rings is 1. The molecule has 27 heavy (non-hydrogen) atoms. The first-order valence-corrected chi connectivity index (χ1v) is 10.9. The van der Waals surface area contributed by atoms with Gasteiger partial charge in [0, 0.05) is 30.0 Å². The summed E-state index contributed by atoms with van der Waals surface area (Å²) in [6.07, 6.45) is 2.07. The Morgan fingerprint density at radius 1 is 1.22 bits per heavy atom. The average molecular weight is 401 g/mol. The number of benzene rings is 2. The van der Waals surface area contributed by atoms with Gasteiger partial charge in [-0.15, -0.1) is 0 Å². The molecular weight excluding hydrogens is 380 g/mol. The summed E-state index contributed by atoms with van der Waals surface area (Å²) in [5.41, 5.74) is 2.59. The number of fused-ring (bicyclic) bond motifs is 2. The van der Waals surface area contributed by atoms with E-state index in [0.717, 1.165) is 39.6 Å². The predicted molar refractivity (Wildman–Crippen MR) is 110 cm³/mol. The van der Waals surface area contributed by atoms with Crippen LogP contribution >= 0.6 is 23.1 Å². The lowest BCUT2D eigenvalue weighted by Crippen LogP contribution is -2.19. The third-order valence-electron chi connectivity index (χ3n) is 4.44. The third-order valence-corrected chi connectivity index (χ3v) is 6.07. The number of hydrogen-bond acceptors (Lipinski definition) is 5. The Labute approximate surface area is 165 Å². The predicted octanol–water partition coefficient (Wildman–Crippen LogP) is 3.89. The highest BCUT2D eigenvalue weighted by Crippen LogP contribution is 2.35. The molecule has 1 amide bonds. The van der Waals surface area contributed by atoms with Crippen LogP contribution in [0.15, 0.2) is 41.4 Å². The molecule has 2 heterocycles. The van der Waals surface area contributed by atoms with Gasteiger partial charge in [0.1, 0.15) is 13.2 Å². The summed E-state index contributed by atoms with van der Waals surface area (Å²) in [5.74, 6) is 2.23. The molecule has 0 spiro atoms. The van der Waals surface area contributed by atoms with Crippen LogP contribution in [-0.2, 0) is 6.54 Å². The fourth-order valence-electron chi connectivity index (χ4n) is 3.05. The third kappa shape index (κ3) is 3.61. The van der Waals surface area contributed by atoms with Crippen molar-refractivity contribution in [2.45, 2.75) is 13.5 Å². The van der Waals surface area contributed by atoms with Crippen LogP contribution in [0, 0.1) is 6.92 Å². The maximum atomic E-state index is 12.8. The quantitative estimate of drug-likeness (QED) is 0.667. The monoisotopic (exact) mass is 400 g/mol. The maximum Gasteiger partial charge on any atom is 0.279 e. The van der Waals surface area contributed by atoms with Gasteiger partial charge in [-0.05, 0) is 24.8 Å². The van der Waals surface area contributed by atoms with Gasteiger partial charge in [0.15, 0.2) is 16.3 Å². The number of hydrogen-bond donors (Lipinski definition) is 0. The number of carbonyl (C=O) groups is 1. The second-order valence-corrected chi connectivity index (χ2v) is 8.22. The van der Waals surface area contributed by atoms with Crippen LogP contribution in [0.3, 0.4) is 0 Å². The minimum Gasteiger partial charge on any atom is -0.486 e. The van der Waals surface area contributed by atoms with Crippen LogP contribution in [0.25, 0.3) is 10.2 Å². The van der Waals surface area contributed by atoms with E-state index in [-0.39, 0.29) is 5.91 Å². The second-order valence-electron chi connectivity index (χ2n) is 6.22. The normalized spacial score (nSPS) is 13.9. The minimum absolute atomic E-state index is 0.213. The fourth-order valence-corrected chi connectivity index (χ4v) is 4.48. The van der Waals surface area contributed by atoms with Gasteiger partial charge >= 0.3 is 0 Å². The molecule has 140 valence electrons. The van der Waals surface area contributed by atoms with Gasteiger partial charge in [-0.25, -0.2) is 0 Å². The van der Waals surface area contributed by atoms with Crippen molar-refractivity contribution in [2.24, 2.45) is 4.99 Å². The van der Waals surface area contributed by atoms with E-state index in [9.17, 15) is 4.79 Å². The van der Waals surface area contributed by atoms with E-state index in [1.165, 1.54) is 11.3 Å². The van der Waals surface area contributed by atoms with E-state index in [0.29, 0.717) is 23.6 Å². The van der Waals surface area contributed by atoms with Gasteiger partial charge in [-0.2, -0.15) is 16.8 Å². The van der Waals surface area contributed by atoms with Crippen molar-refractivity contribution in [3.8, 4) is 11.5 Å². The van der Waals surface area contributed by atoms with E-state index in [1.54, 1.807) is 11.8 Å². The van der Waals surface area contributed by atoms with E-state index < -0.39 is 0 Å². The van der Waals surface area contributed by atoms with Gasteiger partial charge in [0.2, 0.25) is 0 Å². The zero-order valence-corrected chi connectivity index (χ0v) is 16.9. The average Bonchev–Trinajstić information content (AvgIpc) is 3.00. The number of aromatic nitrogens is 1. The molecule has 7 heteroatoms. The standard InChI is InChI=1S/C20H20N2O3S2/c1-13-5-3-4-6-14(13)19(23)21-20-22(7-10-26-2)15-11-16-17(12-18(15)27-20)25-9-8-24-16/h3-6,11-12H,7-10H2,1-2H3. The van der Waals surface area contributed by atoms with Gasteiger partial charge < -0.3 is 14.0 Å². The Morgan fingerprint density at radius 3 is 2.70 bits per heavy atom. The van der Waals surface area contributed by atoms with Crippen LogP contribution in [0.4, 0.5) is 0 Å². The van der Waals surface area contributed by atoms with Crippen molar-refractivity contribution < 1.29 is 14.3 Å². The van der Waals surface area contributed by atoms with Gasteiger partial charge in [0.05, 0.1) is 10.2 Å². The Hall–Kier alpha value is -2.25. The highest BCUT2D eigenvalue weighted by molar-refractivity contribution is 7.98. The Bertz CT molecular complexity index is 1070. The van der Waals surface area contributed by atoms with E-state index in [2.05, 4.69) is 15.8 Å². The van der Waals surface area contributed by atoms with Crippen molar-refractivity contribution >= 4 is 39.2 Å². The van der Waals surface area contributed by atoms with Crippen LogP contribution < -0.4 is 14.3 Å². The summed E-state index contributed by atoms with van der Waals surface area (Å²) in [7, 11) is 0. The van der Waals surface area contributed by atoms with Crippen LogP contribution in [-0.4, -0.2) is 35.7 Å². The number of aryl methyl sites for hydroxylation is 2. The highest BCUT2D eigenvalue weighted by Gasteiger charge is 2.17. The van der Waals surface area contributed by atoms with Crippen molar-refractivity contribution in [1.29, 1.82) is 0 Å². The van der Waals surface area contributed by atoms with Crippen molar-refractivity contribution in [3.63, 3.8) is 0 Å². The zero-order valence-electron chi connectivity index (χ0n) is 15.2. The number of nitrogens with zero attached hydrogens (tertiary/aromatic N) is 2. The molecule has 0 saturated carbocycles. The first-order valence-electron chi connectivity index (χ1n) is 8.74. The maximum absolute atomic E-state index is 12.8. The van der Waals surface area contributed by atoms with Crippen LogP contribution in [0.2, 0.25) is 0 Å². The molecule has 0 radical (unpaired) electrons. The topological polar surface area (TPSA) is 52.8 Å². The number of amides is 1. The molecule has 0 fully saturated rings. The number of rotatable bonds is 4. The molecule has 5 nitrogen and oxygen atoms in total. The molecule has 1 aliphatic heterocycles. The number of ether oxygens (including phenoxy) is 2. The summed E-state index contributed by atoms with van der Waals surface area (Å²) in [5, 5.41) is 0. The first kappa shape index (κ1) is 18.1. The second kappa shape index (κ2) is 7.78. The van der Waals surface area contributed by atoms with Gasteiger partial charge in [0.25, 0.3) is 5.91 Å². The molecule has 0 unspecified atom stereocenters. The van der Waals surface area contributed by atoms with Gasteiger partial charge in [-0.1, -0.05) is 29.5 Å². The lowest BCUT2D eigenvalue weighted by atomic mass is 10.1. The summed E-state index contributed by atoms with van der Waals surface area (Å²) in [6, 6.07) is 11.5. The molecule has 1 aromatic heterocycles. The fraction of sp³-hybridized carbons (Fsp3) is 0.300. The van der Waals surface area contributed by atoms with Crippen LogP contribution in [0.1, 0.15) is 15.9 Å². The molecule has 1 aliphatic rings. The smallest absolute Gasteiger partial charge is 0.279 e. The molecular formula is C20H20N2O3S2. The van der Waals surface area contributed by atoms with E-state index in [1.807, 2.05) is 43.3 Å². The Kier molecular flexibility index (Phi) is 5.22. The number of carbonyl (C=O) groups excluding carboxylic acids is 1. The highest BCUT2D eigenvalue weighted by atomic mass is 32.2. The summed E-state index contributed by atoms with van der Waals surface area (Å²) in [6.45, 7) is 3.81. The molecule has 2 aromatic carbocycles. The molecule has 4 rings (SSSR count). The SMILES string of the molecule is CSCCn1c(=NC(=O)c2ccccc2C)sc2cc3c(cc21)OCCO3. The zero-order chi connectivity index (χ0) is 18.8. The summed E-state index contributed by atoms with van der Waals surface area (Å²) in [4.78, 5) is 17.9. The lowest BCUT2D eigenvalue weighted by molar-refractivity contribution is 0.0997. The minimum atomic E-state index is -0.213. The first-order chi connectivity index (χ1) is 13.2. The molecule has 0 bridgehead atoms. The van der Waals surface area contributed by atoms with Gasteiger partial charge in [-0.3, -0.25) is 4.79 Å². The lowest BCUT2D eigenvalue weighted by Gasteiger charge is -2.18. The Morgan fingerprint density at radius 2 is 1.96 bits per heavy atom. The molecule has 0 aliphatic carbocycles. The van der Waals surface area contributed by atoms with Crippen molar-refractivity contribution in [1.82, 2.24) is 4.57 Å². The van der Waals surface area contributed by atoms with Crippen LogP contribution in [0.5, 0.6) is 11.5 Å². The molecule has 3 aromatic rings. The van der Waals surface area contributed by atoms with Crippen molar-refractivity contribution in [3.05, 3.63) is 52.3 Å². The van der Waals surface area contributed by atoms with E-state index in [4.69, 9.17) is 9.47 Å². The van der Waals surface area contributed by atoms with Crippen molar-refractivity contribution in [2.75, 3.05) is 25.2 Å². The molecule has 0 N–H and O–H groups in total. The van der Waals surface area contributed by atoms with E-state index >= 15 is 0 Å². The Balaban J connectivity index is 1.85. The molecule has 0 saturated heterocycles. The summed E-state index contributed by atoms with van der Waals surface area (Å²) >= 11 is 3.27.